The van der Waals surface area contributed by atoms with Crippen molar-refractivity contribution < 1.29 is 31.5 Å². The van der Waals surface area contributed by atoms with Gasteiger partial charge in [-0.25, -0.2) is 0 Å². The van der Waals surface area contributed by atoms with Gasteiger partial charge >= 0.3 is 296 Å². The zero-order valence-electron chi connectivity index (χ0n) is 30.4. The Balaban J connectivity index is 1.96. The van der Waals surface area contributed by atoms with Crippen molar-refractivity contribution in [3.8, 4) is 0 Å². The molecule has 0 spiro atoms. The molecule has 0 aliphatic heterocycles. The molecule has 0 bridgehead atoms. The fourth-order valence-electron chi connectivity index (χ4n) is 6.79. The van der Waals surface area contributed by atoms with Crippen molar-refractivity contribution in [1.29, 1.82) is 0 Å². The molecule has 0 saturated carbocycles. The maximum absolute atomic E-state index is 14.2. The van der Waals surface area contributed by atoms with Gasteiger partial charge in [0.15, 0.2) is 0 Å². The van der Waals surface area contributed by atoms with Gasteiger partial charge in [0.1, 0.15) is 0 Å². The van der Waals surface area contributed by atoms with Crippen LogP contribution in [-0.4, -0.2) is 43.9 Å². The molecule has 0 N–H and O–H groups in total. The van der Waals surface area contributed by atoms with Gasteiger partial charge in [-0.15, -0.1) is 0 Å². The Hall–Kier alpha value is -4.44. The van der Waals surface area contributed by atoms with Crippen LogP contribution in [0.3, 0.4) is 0 Å². The van der Waals surface area contributed by atoms with E-state index in [1.165, 1.54) is 0 Å². The van der Waals surface area contributed by atoms with Crippen molar-refractivity contribution in [3.63, 3.8) is 0 Å². The molecule has 0 fully saturated rings. The summed E-state index contributed by atoms with van der Waals surface area (Å²) in [6, 6.07) is 14.5. The Morgan fingerprint density at radius 3 is 0.612 bits per heavy atom. The second-order valence-corrected chi connectivity index (χ2v) is 18.3. The molecule has 4 aromatic rings. The summed E-state index contributed by atoms with van der Waals surface area (Å²) < 4.78 is 24.2. The number of aryl methyl sites for hydroxylation is 12. The van der Waals surface area contributed by atoms with Gasteiger partial charge in [0, 0.05) is 0 Å². The van der Waals surface area contributed by atoms with E-state index >= 15 is 0 Å². The van der Waals surface area contributed by atoms with Crippen molar-refractivity contribution in [2.24, 2.45) is 0 Å². The minimum atomic E-state index is -6.51. The van der Waals surface area contributed by atoms with Gasteiger partial charge < -0.3 is 0 Å². The molecule has 0 radical (unpaired) electrons. The maximum atomic E-state index is 14.2. The molecule has 0 unspecified atom stereocenters. The van der Waals surface area contributed by atoms with Gasteiger partial charge in [0.25, 0.3) is 0 Å². The minimum absolute atomic E-state index is 0.183. The Morgan fingerprint density at radius 2 is 0.469 bits per heavy atom. The molecule has 49 heavy (non-hydrogen) atoms. The van der Waals surface area contributed by atoms with E-state index in [1.807, 2.05) is 76.2 Å². The van der Waals surface area contributed by atoms with Crippen LogP contribution in [0.5, 0.6) is 0 Å². The van der Waals surface area contributed by atoms with Crippen molar-refractivity contribution >= 4 is 43.9 Å². The number of carbonyl (C=O) groups is 4. The molecule has 256 valence electrons. The Labute approximate surface area is 294 Å². The average molecular weight is 771 g/mol. The molecule has 4 rings (SSSR count). The number of hydrogen-bond acceptors (Lipinski definition) is 8. The second-order valence-electron chi connectivity index (χ2n) is 13.2. The third-order valence-electron chi connectivity index (χ3n) is 8.40. The van der Waals surface area contributed by atoms with Crippen LogP contribution in [0.1, 0.15) is 108 Å². The van der Waals surface area contributed by atoms with Crippen molar-refractivity contribution in [2.75, 3.05) is 0 Å². The van der Waals surface area contributed by atoms with Gasteiger partial charge in [-0.05, 0) is 0 Å². The van der Waals surface area contributed by atoms with Crippen LogP contribution >= 0.6 is 0 Å². The predicted octanol–water partition coefficient (Wildman–Crippen LogP) is 8.55. The first-order chi connectivity index (χ1) is 22.8. The van der Waals surface area contributed by atoms with E-state index in [4.69, 9.17) is 12.3 Å². The topological polar surface area (TPSA) is 105 Å². The third kappa shape index (κ3) is 8.24. The molecular formula is C40H44O8Sn. The fourth-order valence-corrected chi connectivity index (χ4v) is 11.3. The molecule has 4 aromatic carbocycles. The summed E-state index contributed by atoms with van der Waals surface area (Å²) in [5.41, 5.74) is 9.15. The number of hydrogen-bond donors (Lipinski definition) is 0. The van der Waals surface area contributed by atoms with Crippen molar-refractivity contribution in [3.05, 3.63) is 138 Å². The van der Waals surface area contributed by atoms with E-state index in [-0.39, 0.29) is 22.3 Å². The second kappa shape index (κ2) is 14.6. The molecule has 0 aliphatic rings. The molecule has 0 amide bonds. The normalized spacial score (nSPS) is 11.2. The summed E-state index contributed by atoms with van der Waals surface area (Å²) in [6.45, 7) is 21.5. The first kappa shape index (κ1) is 37.4. The molecule has 8 nitrogen and oxygen atoms in total. The molecule has 0 heterocycles. The quantitative estimate of drug-likeness (QED) is 0.164. The standard InChI is InChI=1S/4C10H12O2.Sn/c4*1-6-4-7(2)9(10(11)12)8(3)5-6;/h4*4-5H,1-3H3,(H,11,12);/q;;;;+4/p-4. The Kier molecular flexibility index (Phi) is 11.1. The summed E-state index contributed by atoms with van der Waals surface area (Å²) in [7, 11) is 0. The Morgan fingerprint density at radius 1 is 0.327 bits per heavy atom. The summed E-state index contributed by atoms with van der Waals surface area (Å²) in [5, 5.41) is 0. The van der Waals surface area contributed by atoms with Crippen LogP contribution in [0.15, 0.2) is 48.5 Å². The van der Waals surface area contributed by atoms with Crippen LogP contribution in [0.2, 0.25) is 0 Å². The average Bonchev–Trinajstić information content (AvgIpc) is 2.90. The summed E-state index contributed by atoms with van der Waals surface area (Å²) in [4.78, 5) is 56.6. The zero-order valence-corrected chi connectivity index (χ0v) is 33.2. The van der Waals surface area contributed by atoms with Gasteiger partial charge in [-0.1, -0.05) is 0 Å². The summed E-state index contributed by atoms with van der Waals surface area (Å²) in [5.74, 6) is -3.75. The van der Waals surface area contributed by atoms with Crippen LogP contribution < -0.4 is 0 Å². The first-order valence-corrected chi connectivity index (χ1v) is 20.7. The van der Waals surface area contributed by atoms with E-state index < -0.39 is 43.9 Å². The molecule has 0 aromatic heterocycles. The zero-order chi connectivity index (χ0) is 36.5. The first-order valence-electron chi connectivity index (χ1n) is 16.1. The van der Waals surface area contributed by atoms with E-state index in [9.17, 15) is 19.2 Å². The third-order valence-corrected chi connectivity index (χ3v) is 13.4. The van der Waals surface area contributed by atoms with Crippen molar-refractivity contribution in [2.45, 2.75) is 83.1 Å². The van der Waals surface area contributed by atoms with Crippen molar-refractivity contribution in [1.82, 2.24) is 0 Å². The van der Waals surface area contributed by atoms with E-state index in [0.717, 1.165) is 22.3 Å². The SMILES string of the molecule is Cc1cc(C)c(C(=O)[O][Sn]([O]C(=O)c2c(C)cc(C)cc2C)([O]C(=O)c2c(C)cc(C)cc2C)[O]C(=O)c2c(C)cc(C)cc2C)c(C)c1. The van der Waals surface area contributed by atoms with Crippen LogP contribution in [0.25, 0.3) is 0 Å². The van der Waals surface area contributed by atoms with Gasteiger partial charge in [-0.3, -0.25) is 0 Å². The molecule has 0 saturated heterocycles. The molecule has 0 atom stereocenters. The summed E-state index contributed by atoms with van der Waals surface area (Å²) >= 11 is -6.51. The monoisotopic (exact) mass is 772 g/mol. The number of benzene rings is 4. The van der Waals surface area contributed by atoms with E-state index in [1.54, 1.807) is 55.4 Å². The Bertz CT molecular complexity index is 1640. The van der Waals surface area contributed by atoms with E-state index in [0.29, 0.717) is 44.5 Å². The van der Waals surface area contributed by atoms with Gasteiger partial charge in [0.2, 0.25) is 0 Å². The molecular weight excluding hydrogens is 727 g/mol. The van der Waals surface area contributed by atoms with E-state index in [2.05, 4.69) is 0 Å². The van der Waals surface area contributed by atoms with Crippen LogP contribution in [0.4, 0.5) is 0 Å². The van der Waals surface area contributed by atoms with Crippen LogP contribution in [-0.2, 0) is 12.3 Å². The summed E-state index contributed by atoms with van der Waals surface area (Å²) in [6.07, 6.45) is 0. The number of carbonyl (C=O) groups excluding carboxylic acids is 4. The molecule has 9 heteroatoms. The van der Waals surface area contributed by atoms with Gasteiger partial charge in [0.05, 0.1) is 0 Å². The number of rotatable bonds is 8. The van der Waals surface area contributed by atoms with Crippen LogP contribution in [0, 0.1) is 83.1 Å². The fraction of sp³-hybridized carbons (Fsp3) is 0.300. The van der Waals surface area contributed by atoms with Gasteiger partial charge in [-0.2, -0.15) is 0 Å². The predicted molar refractivity (Wildman–Crippen MR) is 190 cm³/mol. The molecule has 0 aliphatic carbocycles.